The standard InChI is InChI=1S/C20H16N4OS/c25-19(18-9-5-11-24(18)13-15-6-2-1-3-7-15)23-20-22-17(14-26-20)16-8-4-10-21-12-16/h1-12,14H,13H2,(H,22,23,25). The normalized spacial score (nSPS) is 10.6. The lowest BCUT2D eigenvalue weighted by Crippen LogP contribution is -2.17. The maximum atomic E-state index is 12.7. The monoisotopic (exact) mass is 360 g/mol. The van der Waals surface area contributed by atoms with Gasteiger partial charge < -0.3 is 4.57 Å². The molecular weight excluding hydrogens is 344 g/mol. The minimum absolute atomic E-state index is 0.169. The van der Waals surface area contributed by atoms with Gasteiger partial charge in [-0.2, -0.15) is 0 Å². The molecule has 0 fully saturated rings. The number of anilines is 1. The summed E-state index contributed by atoms with van der Waals surface area (Å²) in [6, 6.07) is 17.6. The van der Waals surface area contributed by atoms with Crippen molar-refractivity contribution in [3.63, 3.8) is 0 Å². The van der Waals surface area contributed by atoms with Crippen LogP contribution in [0.4, 0.5) is 5.13 Å². The average molecular weight is 360 g/mol. The molecule has 1 aromatic carbocycles. The highest BCUT2D eigenvalue weighted by Gasteiger charge is 2.13. The molecule has 6 heteroatoms. The second kappa shape index (κ2) is 7.33. The summed E-state index contributed by atoms with van der Waals surface area (Å²) < 4.78 is 1.93. The first-order valence-corrected chi connectivity index (χ1v) is 9.04. The highest BCUT2D eigenvalue weighted by atomic mass is 32.1. The number of amides is 1. The van der Waals surface area contributed by atoms with E-state index in [1.165, 1.54) is 11.3 Å². The minimum atomic E-state index is -0.169. The molecule has 26 heavy (non-hydrogen) atoms. The molecular formula is C20H16N4OS. The van der Waals surface area contributed by atoms with Crippen molar-refractivity contribution < 1.29 is 4.79 Å². The van der Waals surface area contributed by atoms with E-state index in [1.54, 1.807) is 12.4 Å². The van der Waals surface area contributed by atoms with Crippen LogP contribution < -0.4 is 5.32 Å². The molecule has 0 bridgehead atoms. The third-order valence-corrected chi connectivity index (χ3v) is 4.70. The average Bonchev–Trinajstić information content (AvgIpc) is 3.33. The van der Waals surface area contributed by atoms with Crippen LogP contribution in [-0.2, 0) is 6.54 Å². The van der Waals surface area contributed by atoms with Crippen molar-refractivity contribution in [2.24, 2.45) is 0 Å². The molecule has 3 heterocycles. The van der Waals surface area contributed by atoms with E-state index in [1.807, 2.05) is 70.7 Å². The highest BCUT2D eigenvalue weighted by molar-refractivity contribution is 7.14. The third-order valence-electron chi connectivity index (χ3n) is 3.94. The first-order chi connectivity index (χ1) is 12.8. The van der Waals surface area contributed by atoms with Gasteiger partial charge in [0.1, 0.15) is 5.69 Å². The van der Waals surface area contributed by atoms with Gasteiger partial charge in [-0.1, -0.05) is 30.3 Å². The van der Waals surface area contributed by atoms with E-state index >= 15 is 0 Å². The summed E-state index contributed by atoms with van der Waals surface area (Å²) in [5.41, 5.74) is 3.48. The van der Waals surface area contributed by atoms with Crippen molar-refractivity contribution in [3.05, 3.63) is 89.8 Å². The van der Waals surface area contributed by atoms with Crippen LogP contribution in [-0.4, -0.2) is 20.4 Å². The molecule has 0 aliphatic heterocycles. The van der Waals surface area contributed by atoms with Gasteiger partial charge in [-0.25, -0.2) is 4.98 Å². The number of pyridine rings is 1. The van der Waals surface area contributed by atoms with Crippen LogP contribution in [0.15, 0.2) is 78.6 Å². The van der Waals surface area contributed by atoms with E-state index in [0.717, 1.165) is 16.8 Å². The van der Waals surface area contributed by atoms with Gasteiger partial charge in [-0.3, -0.25) is 15.1 Å². The van der Waals surface area contributed by atoms with Crippen LogP contribution in [0.5, 0.6) is 0 Å². The van der Waals surface area contributed by atoms with Crippen molar-refractivity contribution in [1.82, 2.24) is 14.5 Å². The van der Waals surface area contributed by atoms with Crippen LogP contribution in [0, 0.1) is 0 Å². The summed E-state index contributed by atoms with van der Waals surface area (Å²) in [5, 5.41) is 5.37. The Labute approximate surface area is 155 Å². The maximum absolute atomic E-state index is 12.7. The molecule has 0 saturated carbocycles. The smallest absolute Gasteiger partial charge is 0.274 e. The number of hydrogen-bond acceptors (Lipinski definition) is 4. The molecule has 1 amide bonds. The Morgan fingerprint density at radius 1 is 1.08 bits per heavy atom. The van der Waals surface area contributed by atoms with Gasteiger partial charge in [-0.05, 0) is 29.8 Å². The fourth-order valence-electron chi connectivity index (χ4n) is 2.68. The van der Waals surface area contributed by atoms with Gasteiger partial charge >= 0.3 is 0 Å². The van der Waals surface area contributed by atoms with E-state index < -0.39 is 0 Å². The van der Waals surface area contributed by atoms with Gasteiger partial charge in [0.2, 0.25) is 0 Å². The van der Waals surface area contributed by atoms with E-state index in [-0.39, 0.29) is 5.91 Å². The molecule has 0 spiro atoms. The second-order valence-electron chi connectivity index (χ2n) is 5.74. The number of hydrogen-bond donors (Lipinski definition) is 1. The first-order valence-electron chi connectivity index (χ1n) is 8.16. The summed E-state index contributed by atoms with van der Waals surface area (Å²) in [4.78, 5) is 21.2. The highest BCUT2D eigenvalue weighted by Crippen LogP contribution is 2.24. The first kappa shape index (κ1) is 16.2. The Kier molecular flexibility index (Phi) is 4.57. The Hall–Kier alpha value is -3.25. The van der Waals surface area contributed by atoms with Crippen molar-refractivity contribution in [3.8, 4) is 11.3 Å². The summed E-state index contributed by atoms with van der Waals surface area (Å²) in [6.45, 7) is 0.648. The van der Waals surface area contributed by atoms with Gasteiger partial charge in [0.15, 0.2) is 5.13 Å². The molecule has 0 aliphatic rings. The van der Waals surface area contributed by atoms with E-state index in [2.05, 4.69) is 15.3 Å². The summed E-state index contributed by atoms with van der Waals surface area (Å²) in [6.07, 6.45) is 5.38. The summed E-state index contributed by atoms with van der Waals surface area (Å²) in [7, 11) is 0. The molecule has 1 N–H and O–H groups in total. The molecule has 4 rings (SSSR count). The summed E-state index contributed by atoms with van der Waals surface area (Å²) in [5.74, 6) is -0.169. The maximum Gasteiger partial charge on any atom is 0.274 e. The molecule has 0 saturated heterocycles. The zero-order valence-corrected chi connectivity index (χ0v) is 14.7. The Morgan fingerprint density at radius 3 is 2.77 bits per heavy atom. The molecule has 5 nitrogen and oxygen atoms in total. The number of benzene rings is 1. The van der Waals surface area contributed by atoms with Crippen LogP contribution >= 0.6 is 11.3 Å². The Bertz CT molecular complexity index is 1010. The number of aromatic nitrogens is 3. The molecule has 128 valence electrons. The minimum Gasteiger partial charge on any atom is -0.339 e. The lowest BCUT2D eigenvalue weighted by atomic mass is 10.2. The number of nitrogens with zero attached hydrogens (tertiary/aromatic N) is 3. The van der Waals surface area contributed by atoms with Crippen LogP contribution in [0.2, 0.25) is 0 Å². The van der Waals surface area contributed by atoms with Crippen LogP contribution in [0.25, 0.3) is 11.3 Å². The molecule has 0 radical (unpaired) electrons. The molecule has 0 unspecified atom stereocenters. The Balaban J connectivity index is 1.49. The zero-order valence-electron chi connectivity index (χ0n) is 13.9. The van der Waals surface area contributed by atoms with E-state index in [4.69, 9.17) is 0 Å². The number of thiazole rings is 1. The lowest BCUT2D eigenvalue weighted by Gasteiger charge is -2.08. The van der Waals surface area contributed by atoms with Gasteiger partial charge in [0.25, 0.3) is 5.91 Å². The Morgan fingerprint density at radius 2 is 1.96 bits per heavy atom. The van der Waals surface area contributed by atoms with Gasteiger partial charge in [0, 0.05) is 36.1 Å². The van der Waals surface area contributed by atoms with Crippen LogP contribution in [0.1, 0.15) is 16.1 Å². The van der Waals surface area contributed by atoms with Crippen LogP contribution in [0.3, 0.4) is 0 Å². The SMILES string of the molecule is O=C(Nc1nc(-c2cccnc2)cs1)c1cccn1Cc1ccccc1. The molecule has 4 aromatic rings. The van der Waals surface area contributed by atoms with E-state index in [0.29, 0.717) is 17.4 Å². The number of carbonyl (C=O) groups excluding carboxylic acids is 1. The van der Waals surface area contributed by atoms with Crippen molar-refractivity contribution in [2.75, 3.05) is 5.32 Å². The van der Waals surface area contributed by atoms with Crippen molar-refractivity contribution in [2.45, 2.75) is 6.54 Å². The number of rotatable bonds is 5. The molecule has 3 aromatic heterocycles. The topological polar surface area (TPSA) is 59.8 Å². The molecule has 0 atom stereocenters. The largest absolute Gasteiger partial charge is 0.339 e. The quantitative estimate of drug-likeness (QED) is 0.577. The van der Waals surface area contributed by atoms with Crippen molar-refractivity contribution in [1.29, 1.82) is 0 Å². The summed E-state index contributed by atoms with van der Waals surface area (Å²) >= 11 is 1.40. The predicted molar refractivity (Wildman–Crippen MR) is 103 cm³/mol. The van der Waals surface area contributed by atoms with E-state index in [9.17, 15) is 4.79 Å². The lowest BCUT2D eigenvalue weighted by molar-refractivity contribution is 0.101. The fraction of sp³-hybridized carbons (Fsp3) is 0.0500. The zero-order chi connectivity index (χ0) is 17.8. The molecule has 0 aliphatic carbocycles. The van der Waals surface area contributed by atoms with Gasteiger partial charge in [0.05, 0.1) is 5.69 Å². The second-order valence-corrected chi connectivity index (χ2v) is 6.60. The predicted octanol–water partition coefficient (Wildman–Crippen LogP) is 4.31. The fourth-order valence-corrected chi connectivity index (χ4v) is 3.39. The third kappa shape index (κ3) is 3.55. The van der Waals surface area contributed by atoms with Gasteiger partial charge in [-0.15, -0.1) is 11.3 Å². The van der Waals surface area contributed by atoms with Crippen molar-refractivity contribution >= 4 is 22.4 Å². The number of nitrogens with one attached hydrogen (secondary N) is 1. The number of carbonyl (C=O) groups is 1.